The first-order valence-electron chi connectivity index (χ1n) is 17.5. The number of fused-ring (bicyclic) bond motifs is 8. The maximum atomic E-state index is 16.5. The lowest BCUT2D eigenvalue weighted by Crippen LogP contribution is -2.60. The number of aryl methyl sites for hydroxylation is 4. The summed E-state index contributed by atoms with van der Waals surface area (Å²) in [6.07, 6.45) is 6.32. The van der Waals surface area contributed by atoms with E-state index in [2.05, 4.69) is 33.9 Å². The van der Waals surface area contributed by atoms with Gasteiger partial charge in [-0.15, -0.1) is 23.5 Å². The number of ether oxygens (including phenoxy) is 2. The number of esters is 1. The molecule has 0 amide bonds. The topological polar surface area (TPSA) is 89.0 Å². The Morgan fingerprint density at radius 3 is 2.69 bits per heavy atom. The Labute approximate surface area is 303 Å². The minimum Gasteiger partial charge on any atom is -0.491 e. The van der Waals surface area contributed by atoms with Crippen LogP contribution in [0.5, 0.6) is 5.75 Å². The maximum absolute atomic E-state index is 16.5. The van der Waals surface area contributed by atoms with Crippen LogP contribution in [0, 0.1) is 18.7 Å². The molecule has 5 heterocycles. The van der Waals surface area contributed by atoms with Crippen LogP contribution in [0.15, 0.2) is 53.6 Å². The van der Waals surface area contributed by atoms with Crippen LogP contribution in [0.2, 0.25) is 0 Å². The van der Waals surface area contributed by atoms with Crippen LogP contribution in [0.4, 0.5) is 4.39 Å². The Morgan fingerprint density at radius 2 is 1.90 bits per heavy atom. The first kappa shape index (κ1) is 32.6. The van der Waals surface area contributed by atoms with Gasteiger partial charge in [0.05, 0.1) is 41.9 Å². The van der Waals surface area contributed by atoms with E-state index in [0.29, 0.717) is 47.7 Å². The molecule has 9 nitrogen and oxygen atoms in total. The second-order valence-electron chi connectivity index (χ2n) is 14.2. The summed E-state index contributed by atoms with van der Waals surface area (Å²) in [7, 11) is 5.23. The number of rotatable bonds is 2. The molecule has 3 fully saturated rings. The monoisotopic (exact) mass is 722 g/mol. The van der Waals surface area contributed by atoms with Crippen LogP contribution in [-0.4, -0.2) is 48.8 Å². The first-order chi connectivity index (χ1) is 24.7. The number of hydrogen-bond acceptors (Lipinski definition) is 8. The second-order valence-corrected chi connectivity index (χ2v) is 16.2. The molecule has 1 aliphatic heterocycles. The molecule has 4 aliphatic rings. The predicted octanol–water partition coefficient (Wildman–Crippen LogP) is 8.12. The number of thioether (sulfide) groups is 2. The van der Waals surface area contributed by atoms with E-state index in [1.165, 1.54) is 7.11 Å². The number of pyridine rings is 1. The second kappa shape index (κ2) is 12.4. The molecule has 10 rings (SSSR count). The largest absolute Gasteiger partial charge is 0.491 e. The van der Waals surface area contributed by atoms with Crippen molar-refractivity contribution in [2.75, 3.05) is 13.7 Å². The molecular weight excluding hydrogens is 684 g/mol. The summed E-state index contributed by atoms with van der Waals surface area (Å²) in [6, 6.07) is 13.8. The van der Waals surface area contributed by atoms with Crippen LogP contribution in [0.25, 0.3) is 32.9 Å². The summed E-state index contributed by atoms with van der Waals surface area (Å²) < 4.78 is 34.2. The average Bonchev–Trinajstić information content (AvgIpc) is 3.69. The normalized spacial score (nSPS) is 20.3. The Kier molecular flexibility index (Phi) is 7.95. The van der Waals surface area contributed by atoms with Crippen LogP contribution >= 0.6 is 23.5 Å². The zero-order valence-electron chi connectivity index (χ0n) is 29.2. The van der Waals surface area contributed by atoms with Crippen molar-refractivity contribution in [3.8, 4) is 16.9 Å². The van der Waals surface area contributed by atoms with E-state index in [0.717, 1.165) is 91.8 Å². The molecule has 12 heteroatoms. The molecular formula is C39H39FN6O3S2. The lowest BCUT2D eigenvalue weighted by Gasteiger charge is -2.61. The Balaban J connectivity index is 1.19. The third-order valence-electron chi connectivity index (χ3n) is 11.0. The van der Waals surface area contributed by atoms with Gasteiger partial charge in [-0.2, -0.15) is 10.2 Å². The van der Waals surface area contributed by atoms with Crippen LogP contribution in [-0.2, 0) is 48.1 Å². The lowest BCUT2D eigenvalue weighted by atomic mass is 9.50. The Hall–Kier alpha value is -4.29. The van der Waals surface area contributed by atoms with Crippen molar-refractivity contribution >= 4 is 51.3 Å². The standard InChI is InChI=1S/C39H39FN6O3S2/c1-22-33-31(46(42-22)39-16-23(17-39)18-39)21-50-19-25-14-26(45(3)43-25)20-51-27-13-24-7-5-11-41-35(24)32(15-27)49-12-6-8-28-29-9-10-30(40)34(33)36(29)44(2)37(28)38(47)48-4/h5,7,9-11,13-15,23H,6,8,12,16-21H2,1-4H3. The molecule has 0 radical (unpaired) electrons. The SMILES string of the molecule is COC(=O)c1c2c3ccc(F)c(c3n1C)-c1c(C)nn(C34CC(C3)C4)c1CSCc1cc(n(C)n1)CSc1cc(c3ncccc3c1)OCCC2. The molecule has 0 unspecified atom stereocenters. The van der Waals surface area contributed by atoms with E-state index < -0.39 is 5.97 Å². The van der Waals surface area contributed by atoms with E-state index in [9.17, 15) is 4.79 Å². The van der Waals surface area contributed by atoms with Gasteiger partial charge in [-0.05, 0) is 86.9 Å². The summed E-state index contributed by atoms with van der Waals surface area (Å²) in [4.78, 5) is 19.2. The minimum absolute atomic E-state index is 0.0170. The fourth-order valence-electron chi connectivity index (χ4n) is 8.51. The molecule has 0 saturated heterocycles. The summed E-state index contributed by atoms with van der Waals surface area (Å²) in [5.41, 5.74) is 8.06. The zero-order valence-corrected chi connectivity index (χ0v) is 30.8. The molecule has 2 aromatic carbocycles. The van der Waals surface area contributed by atoms with Crippen molar-refractivity contribution in [1.29, 1.82) is 0 Å². The molecule has 6 aromatic rings. The number of carbonyl (C=O) groups excluding carboxylic acids is 1. The van der Waals surface area contributed by atoms with Crippen molar-refractivity contribution in [2.45, 2.75) is 66.7 Å². The highest BCUT2D eigenvalue weighted by atomic mass is 32.2. The van der Waals surface area contributed by atoms with E-state index in [-0.39, 0.29) is 11.4 Å². The van der Waals surface area contributed by atoms with Gasteiger partial charge in [-0.3, -0.25) is 14.3 Å². The van der Waals surface area contributed by atoms with Crippen molar-refractivity contribution in [2.24, 2.45) is 20.0 Å². The van der Waals surface area contributed by atoms with Crippen molar-refractivity contribution < 1.29 is 18.7 Å². The third kappa shape index (κ3) is 5.27. The third-order valence-corrected chi connectivity index (χ3v) is 13.0. The van der Waals surface area contributed by atoms with Gasteiger partial charge in [0.1, 0.15) is 22.8 Å². The molecule has 262 valence electrons. The molecule has 51 heavy (non-hydrogen) atoms. The maximum Gasteiger partial charge on any atom is 0.354 e. The van der Waals surface area contributed by atoms with E-state index >= 15 is 4.39 Å². The Morgan fingerprint density at radius 1 is 1.06 bits per heavy atom. The molecule has 3 aliphatic carbocycles. The van der Waals surface area contributed by atoms with Crippen LogP contribution in [0.3, 0.4) is 0 Å². The summed E-state index contributed by atoms with van der Waals surface area (Å²) in [5.74, 6) is 2.84. The van der Waals surface area contributed by atoms with Crippen LogP contribution < -0.4 is 4.74 Å². The Bertz CT molecular complexity index is 2360. The van der Waals surface area contributed by atoms with Gasteiger partial charge in [-0.25, -0.2) is 9.18 Å². The van der Waals surface area contributed by atoms with Gasteiger partial charge < -0.3 is 14.0 Å². The van der Waals surface area contributed by atoms with Gasteiger partial charge >= 0.3 is 5.97 Å². The smallest absolute Gasteiger partial charge is 0.354 e. The van der Waals surface area contributed by atoms with Crippen molar-refractivity contribution in [3.63, 3.8) is 0 Å². The van der Waals surface area contributed by atoms with E-state index in [4.69, 9.17) is 19.7 Å². The average molecular weight is 723 g/mol. The predicted molar refractivity (Wildman–Crippen MR) is 199 cm³/mol. The van der Waals surface area contributed by atoms with Gasteiger partial charge in [-0.1, -0.05) is 6.07 Å². The summed E-state index contributed by atoms with van der Waals surface area (Å²) in [5, 5.41) is 11.9. The number of hydrogen-bond donors (Lipinski definition) is 0. The molecule has 10 bridgehead atoms. The highest BCUT2D eigenvalue weighted by molar-refractivity contribution is 7.98. The van der Waals surface area contributed by atoms with Crippen molar-refractivity contribution in [3.05, 3.63) is 88.5 Å². The number of benzene rings is 2. The molecule has 0 atom stereocenters. The summed E-state index contributed by atoms with van der Waals surface area (Å²) >= 11 is 3.53. The molecule has 0 spiro atoms. The fraction of sp³-hybridized carbons (Fsp3) is 0.385. The number of nitrogens with zero attached hydrogens (tertiary/aromatic N) is 6. The first-order valence-corrected chi connectivity index (χ1v) is 19.6. The number of methoxy groups -OCH3 is 1. The van der Waals surface area contributed by atoms with E-state index in [1.807, 2.05) is 36.3 Å². The highest BCUT2D eigenvalue weighted by Gasteiger charge is 2.59. The highest BCUT2D eigenvalue weighted by Crippen LogP contribution is 2.63. The number of carbonyl (C=O) groups is 1. The van der Waals surface area contributed by atoms with Gasteiger partial charge in [0, 0.05) is 70.0 Å². The molecule has 0 N–H and O–H groups in total. The zero-order chi connectivity index (χ0) is 35.0. The van der Waals surface area contributed by atoms with Crippen LogP contribution in [0.1, 0.15) is 64.5 Å². The lowest BCUT2D eigenvalue weighted by molar-refractivity contribution is -0.0993. The van der Waals surface area contributed by atoms with Crippen molar-refractivity contribution in [1.82, 2.24) is 29.1 Å². The van der Waals surface area contributed by atoms with E-state index in [1.54, 1.807) is 41.9 Å². The molecule has 3 saturated carbocycles. The summed E-state index contributed by atoms with van der Waals surface area (Å²) in [6.45, 7) is 2.40. The number of halogens is 1. The quantitative estimate of drug-likeness (QED) is 0.166. The van der Waals surface area contributed by atoms with Gasteiger partial charge in [0.15, 0.2) is 0 Å². The van der Waals surface area contributed by atoms with Gasteiger partial charge in [0.2, 0.25) is 0 Å². The minimum atomic E-state index is -0.447. The molecule has 4 aromatic heterocycles. The van der Waals surface area contributed by atoms with Gasteiger partial charge in [0.25, 0.3) is 0 Å². The fourth-order valence-corrected chi connectivity index (χ4v) is 10.4. The number of aromatic nitrogens is 6.